The Labute approximate surface area is 164 Å². The maximum atomic E-state index is 13.4. The molecule has 0 bridgehead atoms. The third-order valence-electron chi connectivity index (χ3n) is 5.84. The Balaban J connectivity index is 1.73. The lowest BCUT2D eigenvalue weighted by molar-refractivity contribution is -0.156. The van der Waals surface area contributed by atoms with Crippen LogP contribution in [0.15, 0.2) is 53.6 Å². The summed E-state index contributed by atoms with van der Waals surface area (Å²) in [5, 5.41) is 20.6. The van der Waals surface area contributed by atoms with Crippen LogP contribution in [0.4, 0.5) is 4.39 Å². The van der Waals surface area contributed by atoms with Crippen LogP contribution in [0.25, 0.3) is 5.57 Å². The van der Waals surface area contributed by atoms with Crippen molar-refractivity contribution in [3.63, 3.8) is 0 Å². The minimum atomic E-state index is -0.967. The van der Waals surface area contributed by atoms with Crippen LogP contribution in [0.3, 0.4) is 0 Å². The maximum Gasteiger partial charge on any atom is 0.309 e. The molecule has 1 saturated heterocycles. The molecule has 1 aliphatic heterocycles. The number of halogens is 1. The molecule has 1 aromatic carbocycles. The topological polar surface area (TPSA) is 66.8 Å². The van der Waals surface area contributed by atoms with Crippen LogP contribution in [-0.2, 0) is 9.53 Å². The predicted molar refractivity (Wildman–Crippen MR) is 104 cm³/mol. The van der Waals surface area contributed by atoms with Crippen LogP contribution in [0.5, 0.6) is 0 Å². The molecular weight excluding hydrogens is 359 g/mol. The first-order valence-corrected chi connectivity index (χ1v) is 9.70. The summed E-state index contributed by atoms with van der Waals surface area (Å²) in [6.45, 7) is 3.57. The molecule has 148 valence electrons. The normalized spacial score (nSPS) is 26.8. The minimum absolute atomic E-state index is 0.0300. The molecule has 1 heterocycles. The van der Waals surface area contributed by atoms with Crippen LogP contribution < -0.4 is 0 Å². The Morgan fingerprint density at radius 1 is 1.25 bits per heavy atom. The number of aliphatic hydroxyl groups is 2. The van der Waals surface area contributed by atoms with Gasteiger partial charge in [0.25, 0.3) is 0 Å². The lowest BCUT2D eigenvalue weighted by Gasteiger charge is -2.27. The third kappa shape index (κ3) is 3.45. The van der Waals surface area contributed by atoms with Gasteiger partial charge in [0.15, 0.2) is 0 Å². The van der Waals surface area contributed by atoms with Crippen molar-refractivity contribution in [1.82, 2.24) is 0 Å². The number of carbonyl (C=O) groups is 1. The van der Waals surface area contributed by atoms with Gasteiger partial charge in [-0.3, -0.25) is 4.79 Å². The summed E-state index contributed by atoms with van der Waals surface area (Å²) in [6.07, 6.45) is 6.90. The fraction of sp³-hybridized carbons (Fsp3) is 0.435. The van der Waals surface area contributed by atoms with Crippen molar-refractivity contribution in [3.8, 4) is 0 Å². The highest BCUT2D eigenvalue weighted by atomic mass is 19.1. The van der Waals surface area contributed by atoms with E-state index in [4.69, 9.17) is 4.74 Å². The second-order valence-corrected chi connectivity index (χ2v) is 8.51. The average molecular weight is 384 g/mol. The number of allylic oxidation sites excluding steroid dienone is 4. The molecule has 0 aromatic heterocycles. The number of aliphatic hydroxyl groups excluding tert-OH is 1. The Bertz CT molecular complexity index is 882. The molecule has 0 amide bonds. The lowest BCUT2D eigenvalue weighted by Crippen LogP contribution is -2.31. The molecule has 4 rings (SSSR count). The largest absolute Gasteiger partial charge is 0.458 e. The zero-order valence-corrected chi connectivity index (χ0v) is 16.1. The highest BCUT2D eigenvalue weighted by Gasteiger charge is 2.55. The summed E-state index contributed by atoms with van der Waals surface area (Å²) in [5.74, 6) is -0.695. The van der Waals surface area contributed by atoms with Crippen LogP contribution in [0.1, 0.15) is 45.1 Å². The molecular formula is C23H25FO4. The van der Waals surface area contributed by atoms with Gasteiger partial charge in [-0.25, -0.2) is 4.39 Å². The zero-order chi connectivity index (χ0) is 20.1. The van der Waals surface area contributed by atoms with E-state index in [-0.39, 0.29) is 17.7 Å². The molecule has 5 heteroatoms. The SMILES string of the molecule is CC(C)(O)C1=CC(c2ccc(F)cc2)=C(C=CC2CC(O)CC(=O)O2)C12CC2. The van der Waals surface area contributed by atoms with Crippen molar-refractivity contribution >= 4 is 11.5 Å². The number of rotatable bonds is 4. The molecule has 0 radical (unpaired) electrons. The highest BCUT2D eigenvalue weighted by molar-refractivity contribution is 5.86. The van der Waals surface area contributed by atoms with Crippen molar-refractivity contribution in [1.29, 1.82) is 0 Å². The standard InChI is InChI=1S/C23H25FO4/c1-22(2,27)20-13-18(14-3-5-15(24)6-4-14)19(23(20)9-10-23)8-7-17-11-16(25)12-21(26)28-17/h3-8,13,16-17,25,27H,9-12H2,1-2H3. The Hall–Kier alpha value is -2.24. The van der Waals surface area contributed by atoms with E-state index >= 15 is 0 Å². The number of benzene rings is 1. The number of hydrogen-bond donors (Lipinski definition) is 2. The van der Waals surface area contributed by atoms with E-state index in [1.807, 2.05) is 18.2 Å². The molecule has 2 aliphatic carbocycles. The Morgan fingerprint density at radius 2 is 1.93 bits per heavy atom. The summed E-state index contributed by atoms with van der Waals surface area (Å²) < 4.78 is 18.7. The van der Waals surface area contributed by atoms with Crippen molar-refractivity contribution < 1.29 is 24.1 Å². The molecule has 1 aromatic rings. The maximum absolute atomic E-state index is 13.4. The number of hydrogen-bond acceptors (Lipinski definition) is 4. The summed E-state index contributed by atoms with van der Waals surface area (Å²) in [4.78, 5) is 11.6. The second-order valence-electron chi connectivity index (χ2n) is 8.51. The zero-order valence-electron chi connectivity index (χ0n) is 16.1. The summed E-state index contributed by atoms with van der Waals surface area (Å²) in [5.41, 5.74) is 2.65. The monoisotopic (exact) mass is 384 g/mol. The molecule has 1 saturated carbocycles. The molecule has 1 spiro atoms. The van der Waals surface area contributed by atoms with E-state index in [0.29, 0.717) is 6.42 Å². The van der Waals surface area contributed by atoms with E-state index in [1.165, 1.54) is 12.1 Å². The van der Waals surface area contributed by atoms with Gasteiger partial charge >= 0.3 is 5.97 Å². The minimum Gasteiger partial charge on any atom is -0.458 e. The van der Waals surface area contributed by atoms with Crippen molar-refractivity contribution in [3.05, 3.63) is 65.0 Å². The van der Waals surface area contributed by atoms with Gasteiger partial charge in [-0.1, -0.05) is 24.3 Å². The molecule has 4 nitrogen and oxygen atoms in total. The van der Waals surface area contributed by atoms with E-state index in [1.54, 1.807) is 26.0 Å². The average Bonchev–Trinajstić information content (AvgIpc) is 3.29. The smallest absolute Gasteiger partial charge is 0.309 e. The van der Waals surface area contributed by atoms with Gasteiger partial charge in [-0.2, -0.15) is 0 Å². The van der Waals surface area contributed by atoms with Gasteiger partial charge in [0.05, 0.1) is 18.1 Å². The highest BCUT2D eigenvalue weighted by Crippen LogP contribution is 2.65. The molecule has 3 aliphatic rings. The van der Waals surface area contributed by atoms with E-state index < -0.39 is 23.8 Å². The summed E-state index contributed by atoms with van der Waals surface area (Å²) >= 11 is 0. The fourth-order valence-electron chi connectivity index (χ4n) is 4.44. The predicted octanol–water partition coefficient (Wildman–Crippen LogP) is 3.69. The van der Waals surface area contributed by atoms with Crippen LogP contribution >= 0.6 is 0 Å². The van der Waals surface area contributed by atoms with Gasteiger partial charge in [-0.05, 0) is 67.2 Å². The second kappa shape index (κ2) is 6.68. The first-order valence-electron chi connectivity index (χ1n) is 9.70. The van der Waals surface area contributed by atoms with Crippen molar-refractivity contribution in [2.75, 3.05) is 0 Å². The van der Waals surface area contributed by atoms with Crippen LogP contribution in [0.2, 0.25) is 0 Å². The van der Waals surface area contributed by atoms with E-state index in [0.717, 1.165) is 35.1 Å². The molecule has 2 fully saturated rings. The van der Waals surface area contributed by atoms with Crippen LogP contribution in [0, 0.1) is 11.2 Å². The van der Waals surface area contributed by atoms with Crippen LogP contribution in [-0.4, -0.2) is 34.0 Å². The molecule has 2 N–H and O–H groups in total. The fourth-order valence-corrected chi connectivity index (χ4v) is 4.44. The summed E-state index contributed by atoms with van der Waals surface area (Å²) in [6, 6.07) is 6.34. The Morgan fingerprint density at radius 3 is 2.50 bits per heavy atom. The first-order chi connectivity index (χ1) is 13.2. The van der Waals surface area contributed by atoms with E-state index in [2.05, 4.69) is 0 Å². The quantitative estimate of drug-likeness (QED) is 0.777. The number of ether oxygens (including phenoxy) is 1. The Kier molecular flexibility index (Phi) is 4.55. The lowest BCUT2D eigenvalue weighted by atomic mass is 9.82. The third-order valence-corrected chi connectivity index (χ3v) is 5.84. The summed E-state index contributed by atoms with van der Waals surface area (Å²) in [7, 11) is 0. The van der Waals surface area contributed by atoms with Gasteiger partial charge < -0.3 is 14.9 Å². The number of carbonyl (C=O) groups excluding carboxylic acids is 1. The van der Waals surface area contributed by atoms with Crippen molar-refractivity contribution in [2.24, 2.45) is 5.41 Å². The van der Waals surface area contributed by atoms with E-state index in [9.17, 15) is 19.4 Å². The van der Waals surface area contributed by atoms with Gasteiger partial charge in [0.1, 0.15) is 11.9 Å². The molecule has 2 atom stereocenters. The molecule has 2 unspecified atom stereocenters. The molecule has 28 heavy (non-hydrogen) atoms. The number of esters is 1. The van der Waals surface area contributed by atoms with Gasteiger partial charge in [0.2, 0.25) is 0 Å². The number of cyclic esters (lactones) is 1. The van der Waals surface area contributed by atoms with Gasteiger partial charge in [0, 0.05) is 11.8 Å². The first kappa shape index (κ1) is 19.1. The van der Waals surface area contributed by atoms with Crippen molar-refractivity contribution in [2.45, 2.75) is 57.3 Å². The van der Waals surface area contributed by atoms with Gasteiger partial charge in [-0.15, -0.1) is 0 Å².